The molecule has 2 rings (SSSR count). The van der Waals surface area contributed by atoms with Crippen LogP contribution in [0.3, 0.4) is 0 Å². The monoisotopic (exact) mass is 329 g/mol. The van der Waals surface area contributed by atoms with Gasteiger partial charge in [-0.15, -0.1) is 0 Å². The molecule has 1 fully saturated rings. The van der Waals surface area contributed by atoms with Crippen molar-refractivity contribution < 1.29 is 5.11 Å². The summed E-state index contributed by atoms with van der Waals surface area (Å²) in [7, 11) is 0. The van der Waals surface area contributed by atoms with Crippen molar-refractivity contribution >= 4 is 23.2 Å². The minimum Gasteiger partial charge on any atom is -0.391 e. The Hall–Kier alpha value is -0.280. The number of hydrogen-bond donors (Lipinski definition) is 1. The van der Waals surface area contributed by atoms with Crippen molar-refractivity contribution in [3.63, 3.8) is 0 Å². The van der Waals surface area contributed by atoms with Crippen LogP contribution in [0.2, 0.25) is 10.0 Å². The van der Waals surface area contributed by atoms with Gasteiger partial charge in [-0.3, -0.25) is 4.90 Å². The Morgan fingerprint density at radius 1 is 1.14 bits per heavy atom. The molecule has 0 aliphatic heterocycles. The zero-order chi connectivity index (χ0) is 15.5. The van der Waals surface area contributed by atoms with E-state index in [-0.39, 0.29) is 11.6 Å². The van der Waals surface area contributed by atoms with Crippen molar-refractivity contribution in [3.05, 3.63) is 33.8 Å². The van der Waals surface area contributed by atoms with E-state index in [4.69, 9.17) is 23.2 Å². The fourth-order valence-corrected chi connectivity index (χ4v) is 4.10. The van der Waals surface area contributed by atoms with Gasteiger partial charge < -0.3 is 5.11 Å². The number of nitrogens with zero attached hydrogens (tertiary/aromatic N) is 1. The van der Waals surface area contributed by atoms with E-state index in [1.165, 1.54) is 12.8 Å². The van der Waals surface area contributed by atoms with Crippen LogP contribution in [0.25, 0.3) is 0 Å². The van der Waals surface area contributed by atoms with E-state index < -0.39 is 0 Å². The van der Waals surface area contributed by atoms with Crippen LogP contribution < -0.4 is 0 Å². The molecule has 0 bridgehead atoms. The van der Waals surface area contributed by atoms with Crippen molar-refractivity contribution in [1.82, 2.24) is 4.90 Å². The predicted octanol–water partition coefficient (Wildman–Crippen LogP) is 4.55. The summed E-state index contributed by atoms with van der Waals surface area (Å²) in [4.78, 5) is 2.43. The van der Waals surface area contributed by atoms with Gasteiger partial charge in [-0.05, 0) is 43.6 Å². The first-order chi connectivity index (χ1) is 10.0. The van der Waals surface area contributed by atoms with Crippen molar-refractivity contribution in [3.8, 4) is 0 Å². The van der Waals surface area contributed by atoms with Crippen molar-refractivity contribution in [2.45, 2.75) is 57.6 Å². The molecule has 4 heteroatoms. The fraction of sp³-hybridized carbons (Fsp3) is 0.647. The van der Waals surface area contributed by atoms with Crippen LogP contribution in [0.15, 0.2) is 18.2 Å². The Kier molecular flexibility index (Phi) is 5.96. The summed E-state index contributed by atoms with van der Waals surface area (Å²) in [5.41, 5.74) is 0.977. The van der Waals surface area contributed by atoms with Gasteiger partial charge in [0.05, 0.1) is 16.1 Å². The van der Waals surface area contributed by atoms with E-state index in [0.717, 1.165) is 31.5 Å². The van der Waals surface area contributed by atoms with Crippen LogP contribution >= 0.6 is 23.2 Å². The molecule has 1 saturated carbocycles. The second-order valence-electron chi connectivity index (χ2n) is 5.95. The SMILES string of the molecule is CCN(CC)C1(C(O)Cc2ccc(Cl)c(Cl)c2)CCCC1. The molecule has 0 amide bonds. The molecular weight excluding hydrogens is 305 g/mol. The topological polar surface area (TPSA) is 23.5 Å². The molecule has 0 spiro atoms. The molecule has 1 aromatic carbocycles. The van der Waals surface area contributed by atoms with Gasteiger partial charge in [0.2, 0.25) is 0 Å². The molecule has 1 unspecified atom stereocenters. The maximum Gasteiger partial charge on any atom is 0.0764 e. The van der Waals surface area contributed by atoms with Crippen molar-refractivity contribution in [2.24, 2.45) is 0 Å². The van der Waals surface area contributed by atoms with Gasteiger partial charge >= 0.3 is 0 Å². The third kappa shape index (κ3) is 3.56. The van der Waals surface area contributed by atoms with Crippen LogP contribution in [0.1, 0.15) is 45.1 Å². The number of hydrogen-bond acceptors (Lipinski definition) is 2. The molecule has 1 aromatic rings. The predicted molar refractivity (Wildman–Crippen MR) is 90.3 cm³/mol. The largest absolute Gasteiger partial charge is 0.391 e. The Bertz CT molecular complexity index is 468. The third-order valence-electron chi connectivity index (χ3n) is 4.90. The average molecular weight is 330 g/mol. The Labute approximate surface area is 138 Å². The van der Waals surface area contributed by atoms with E-state index >= 15 is 0 Å². The standard InChI is InChI=1S/C17H25Cl2NO/c1-3-20(4-2)17(9-5-6-10-17)16(21)12-13-7-8-14(18)15(19)11-13/h7-8,11,16,21H,3-6,9-10,12H2,1-2H3. The highest BCUT2D eigenvalue weighted by Gasteiger charge is 2.44. The number of likely N-dealkylation sites (N-methyl/N-ethyl adjacent to an activating group) is 1. The summed E-state index contributed by atoms with van der Waals surface area (Å²) in [6, 6.07) is 5.64. The average Bonchev–Trinajstić information content (AvgIpc) is 2.95. The Morgan fingerprint density at radius 2 is 1.76 bits per heavy atom. The highest BCUT2D eigenvalue weighted by Crippen LogP contribution is 2.39. The smallest absolute Gasteiger partial charge is 0.0764 e. The molecule has 1 atom stereocenters. The van der Waals surface area contributed by atoms with Crippen LogP contribution in [-0.4, -0.2) is 34.7 Å². The first-order valence-electron chi connectivity index (χ1n) is 7.90. The maximum absolute atomic E-state index is 10.9. The van der Waals surface area contributed by atoms with Crippen LogP contribution in [-0.2, 0) is 6.42 Å². The van der Waals surface area contributed by atoms with Gasteiger partial charge in [-0.1, -0.05) is 56.0 Å². The third-order valence-corrected chi connectivity index (χ3v) is 5.63. The van der Waals surface area contributed by atoms with Gasteiger partial charge in [0.25, 0.3) is 0 Å². The van der Waals surface area contributed by atoms with Crippen LogP contribution in [0, 0.1) is 0 Å². The molecule has 0 radical (unpaired) electrons. The molecule has 2 nitrogen and oxygen atoms in total. The molecule has 21 heavy (non-hydrogen) atoms. The Balaban J connectivity index is 2.18. The number of rotatable bonds is 6. The first-order valence-corrected chi connectivity index (χ1v) is 8.66. The molecule has 0 saturated heterocycles. The van der Waals surface area contributed by atoms with Crippen LogP contribution in [0.5, 0.6) is 0 Å². The fourth-order valence-electron chi connectivity index (χ4n) is 3.78. The minimum absolute atomic E-state index is 0.0738. The normalized spacial score (nSPS) is 19.1. The van der Waals surface area contributed by atoms with E-state index in [1.807, 2.05) is 18.2 Å². The molecule has 0 heterocycles. The lowest BCUT2D eigenvalue weighted by Gasteiger charge is -2.44. The molecule has 1 aliphatic rings. The highest BCUT2D eigenvalue weighted by molar-refractivity contribution is 6.42. The quantitative estimate of drug-likeness (QED) is 0.827. The summed E-state index contributed by atoms with van der Waals surface area (Å²) in [5, 5.41) is 12.1. The molecule has 1 N–H and O–H groups in total. The van der Waals surface area contributed by atoms with E-state index in [2.05, 4.69) is 18.7 Å². The summed E-state index contributed by atoms with van der Waals surface area (Å²) >= 11 is 12.0. The second kappa shape index (κ2) is 7.32. The summed E-state index contributed by atoms with van der Waals surface area (Å²) in [6.07, 6.45) is 4.84. The van der Waals surface area contributed by atoms with Crippen LogP contribution in [0.4, 0.5) is 0 Å². The lowest BCUT2D eigenvalue weighted by atomic mass is 9.84. The van der Waals surface area contributed by atoms with Gasteiger partial charge in [0, 0.05) is 12.0 Å². The van der Waals surface area contributed by atoms with E-state index in [1.54, 1.807) is 0 Å². The molecular formula is C17H25Cl2NO. The maximum atomic E-state index is 10.9. The van der Waals surface area contributed by atoms with Gasteiger partial charge in [-0.2, -0.15) is 0 Å². The molecule has 1 aliphatic carbocycles. The minimum atomic E-state index is -0.364. The van der Waals surface area contributed by atoms with Gasteiger partial charge in [0.15, 0.2) is 0 Å². The molecule has 0 aromatic heterocycles. The number of halogens is 2. The summed E-state index contributed by atoms with van der Waals surface area (Å²) in [6.45, 7) is 6.31. The summed E-state index contributed by atoms with van der Waals surface area (Å²) in [5.74, 6) is 0. The first kappa shape index (κ1) is 17.1. The van der Waals surface area contributed by atoms with Gasteiger partial charge in [-0.25, -0.2) is 0 Å². The molecule has 118 valence electrons. The number of aliphatic hydroxyl groups excluding tert-OH is 1. The lowest BCUT2D eigenvalue weighted by Crippen LogP contribution is -2.55. The van der Waals surface area contributed by atoms with Gasteiger partial charge in [0.1, 0.15) is 0 Å². The summed E-state index contributed by atoms with van der Waals surface area (Å²) < 4.78 is 0. The highest BCUT2D eigenvalue weighted by atomic mass is 35.5. The number of aliphatic hydroxyl groups is 1. The van der Waals surface area contributed by atoms with Crippen molar-refractivity contribution in [1.29, 1.82) is 0 Å². The van der Waals surface area contributed by atoms with Crippen molar-refractivity contribution in [2.75, 3.05) is 13.1 Å². The lowest BCUT2D eigenvalue weighted by molar-refractivity contribution is -0.0244. The second-order valence-corrected chi connectivity index (χ2v) is 6.77. The zero-order valence-corrected chi connectivity index (χ0v) is 14.4. The van der Waals surface area contributed by atoms with E-state index in [0.29, 0.717) is 16.5 Å². The zero-order valence-electron chi connectivity index (χ0n) is 12.9. The number of benzene rings is 1. The Morgan fingerprint density at radius 3 is 2.29 bits per heavy atom. The van der Waals surface area contributed by atoms with E-state index in [9.17, 15) is 5.11 Å².